The Labute approximate surface area is 221 Å². The number of pyridine rings is 1. The van der Waals surface area contributed by atoms with Crippen LogP contribution in [0.4, 0.5) is 38.0 Å². The number of carbonyl (C=O) groups excluding carboxylic acids is 2. The summed E-state index contributed by atoms with van der Waals surface area (Å²) in [6.07, 6.45) is 5.84. The number of benzene rings is 1. The maximum absolute atomic E-state index is 13.8. The maximum Gasteiger partial charge on any atom is 0.330 e. The van der Waals surface area contributed by atoms with Crippen molar-refractivity contribution in [3.63, 3.8) is 0 Å². The third-order valence-corrected chi connectivity index (χ3v) is 5.91. The molecule has 0 spiro atoms. The van der Waals surface area contributed by atoms with Gasteiger partial charge in [-0.1, -0.05) is 30.3 Å². The average molecular weight is 534 g/mol. The number of nitrogens with one attached hydrogen (secondary N) is 2. The van der Waals surface area contributed by atoms with Crippen LogP contribution in [0, 0.1) is 5.95 Å². The van der Waals surface area contributed by atoms with Gasteiger partial charge in [0.05, 0.1) is 17.9 Å². The van der Waals surface area contributed by atoms with Crippen LogP contribution in [0.2, 0.25) is 5.15 Å². The fourth-order valence-corrected chi connectivity index (χ4v) is 4.14. The Balaban J connectivity index is 1.54. The zero-order valence-electron chi connectivity index (χ0n) is 20.1. The molecule has 0 bridgehead atoms. The lowest BCUT2D eigenvalue weighted by Gasteiger charge is -2.36. The molecule has 1 aromatic carbocycles. The first-order valence-electron chi connectivity index (χ1n) is 11.4. The molecule has 3 aromatic heterocycles. The van der Waals surface area contributed by atoms with Gasteiger partial charge in [0.1, 0.15) is 0 Å². The Morgan fingerprint density at radius 1 is 1.24 bits per heavy atom. The van der Waals surface area contributed by atoms with Gasteiger partial charge in [0.25, 0.3) is 0 Å². The summed E-state index contributed by atoms with van der Waals surface area (Å²) in [7, 11) is 1.73. The second kappa shape index (κ2) is 10.3. The lowest BCUT2D eigenvalue weighted by molar-refractivity contribution is -0.111. The van der Waals surface area contributed by atoms with Gasteiger partial charge in [-0.3, -0.25) is 9.48 Å². The van der Waals surface area contributed by atoms with Gasteiger partial charge < -0.3 is 15.5 Å². The van der Waals surface area contributed by atoms with Crippen molar-refractivity contribution in [1.29, 1.82) is 0 Å². The van der Waals surface area contributed by atoms with Crippen LogP contribution in [0.15, 0.2) is 67.6 Å². The molecular weight excluding hydrogens is 513 g/mol. The highest BCUT2D eigenvalue weighted by Gasteiger charge is 2.34. The van der Waals surface area contributed by atoms with E-state index in [1.54, 1.807) is 59.4 Å². The van der Waals surface area contributed by atoms with E-state index in [2.05, 4.69) is 37.3 Å². The highest BCUT2D eigenvalue weighted by molar-refractivity contribution is 6.32. The molecule has 11 nitrogen and oxygen atoms in total. The van der Waals surface area contributed by atoms with Gasteiger partial charge in [-0.25, -0.2) is 19.7 Å². The highest BCUT2D eigenvalue weighted by atomic mass is 35.5. The monoisotopic (exact) mass is 533 g/mol. The zero-order valence-corrected chi connectivity index (χ0v) is 20.9. The lowest BCUT2D eigenvalue weighted by Crippen LogP contribution is -2.45. The molecule has 0 aliphatic carbocycles. The number of urea groups is 1. The van der Waals surface area contributed by atoms with Crippen LogP contribution in [0.1, 0.15) is 11.1 Å². The fourth-order valence-electron chi connectivity index (χ4n) is 3.93. The van der Waals surface area contributed by atoms with E-state index in [9.17, 15) is 14.0 Å². The third-order valence-electron chi connectivity index (χ3n) is 5.63. The first-order chi connectivity index (χ1) is 18.3. The van der Waals surface area contributed by atoms with Crippen molar-refractivity contribution >= 4 is 52.4 Å². The van der Waals surface area contributed by atoms with Crippen LogP contribution in [0.5, 0.6) is 0 Å². The van der Waals surface area contributed by atoms with E-state index in [0.29, 0.717) is 34.0 Å². The van der Waals surface area contributed by atoms with Gasteiger partial charge >= 0.3 is 6.03 Å². The number of nitrogens with zero attached hydrogens (tertiary/aromatic N) is 7. The number of aromatic nitrogens is 5. The fraction of sp³-hybridized carbons (Fsp3) is 0.120. The molecule has 1 aliphatic rings. The molecule has 4 aromatic rings. The van der Waals surface area contributed by atoms with Gasteiger partial charge in [-0.15, -0.1) is 0 Å². The standard InChI is InChI=1S/C25H21ClFN9O2/c1-3-21(37)30-17-5-4-6-18(9-17)36-23-16(11-29-24(32-23)31-19-14-34(2)33-22(19)26)13-35(25(36)38)12-15-7-8-20(27)28-10-15/h3-11,14H,1,12-13H2,2H3,(H,30,37)(H,29,31,32). The number of fused-ring (bicyclic) bond motifs is 1. The Hall–Kier alpha value is -4.84. The van der Waals surface area contributed by atoms with E-state index in [4.69, 9.17) is 11.6 Å². The minimum Gasteiger partial charge on any atom is -0.322 e. The SMILES string of the molecule is C=CC(=O)Nc1cccc(N2C(=O)N(Cc3ccc(F)nc3)Cc3cnc(Nc4cn(C)nc4Cl)nc32)c1. The molecule has 0 atom stereocenters. The van der Waals surface area contributed by atoms with Crippen LogP contribution in [0.25, 0.3) is 0 Å². The van der Waals surface area contributed by atoms with Crippen molar-refractivity contribution < 1.29 is 14.0 Å². The van der Waals surface area contributed by atoms with Crippen molar-refractivity contribution in [3.05, 3.63) is 89.9 Å². The van der Waals surface area contributed by atoms with Crippen molar-refractivity contribution in [1.82, 2.24) is 29.6 Å². The molecule has 3 amide bonds. The second-order valence-electron chi connectivity index (χ2n) is 8.38. The largest absolute Gasteiger partial charge is 0.330 e. The van der Waals surface area contributed by atoms with E-state index in [-0.39, 0.29) is 36.1 Å². The van der Waals surface area contributed by atoms with Crippen LogP contribution in [-0.4, -0.2) is 41.6 Å². The number of carbonyl (C=O) groups is 2. The Morgan fingerprint density at radius 3 is 2.79 bits per heavy atom. The number of halogens is 2. The molecule has 4 heterocycles. The maximum atomic E-state index is 13.8. The molecule has 0 unspecified atom stereocenters. The summed E-state index contributed by atoms with van der Waals surface area (Å²) in [4.78, 5) is 41.4. The average Bonchev–Trinajstić information content (AvgIpc) is 3.22. The number of rotatable bonds is 7. The molecule has 5 rings (SSSR count). The van der Waals surface area contributed by atoms with Crippen LogP contribution in [0.3, 0.4) is 0 Å². The van der Waals surface area contributed by atoms with Crippen LogP contribution < -0.4 is 15.5 Å². The molecule has 2 N–H and O–H groups in total. The van der Waals surface area contributed by atoms with Gasteiger partial charge in [-0.2, -0.15) is 14.5 Å². The summed E-state index contributed by atoms with van der Waals surface area (Å²) < 4.78 is 14.9. The predicted octanol–water partition coefficient (Wildman–Crippen LogP) is 4.54. The third kappa shape index (κ3) is 5.15. The molecule has 192 valence electrons. The van der Waals surface area contributed by atoms with E-state index >= 15 is 0 Å². The summed E-state index contributed by atoms with van der Waals surface area (Å²) in [5.74, 6) is -0.428. The molecular formula is C25H21ClFN9O2. The lowest BCUT2D eigenvalue weighted by atomic mass is 10.1. The van der Waals surface area contributed by atoms with Gasteiger partial charge in [-0.05, 0) is 35.9 Å². The van der Waals surface area contributed by atoms with Gasteiger partial charge in [0.15, 0.2) is 11.0 Å². The van der Waals surface area contributed by atoms with Crippen molar-refractivity contribution in [2.24, 2.45) is 7.05 Å². The molecule has 1 aliphatic heterocycles. The predicted molar refractivity (Wildman–Crippen MR) is 140 cm³/mol. The molecule has 38 heavy (non-hydrogen) atoms. The summed E-state index contributed by atoms with van der Waals surface area (Å²) in [6, 6.07) is 9.21. The van der Waals surface area contributed by atoms with Crippen LogP contribution >= 0.6 is 11.6 Å². The first kappa shape index (κ1) is 24.8. The molecule has 0 radical (unpaired) electrons. The van der Waals surface area contributed by atoms with Gasteiger partial charge in [0, 0.05) is 43.4 Å². The van der Waals surface area contributed by atoms with Crippen molar-refractivity contribution in [2.75, 3.05) is 15.5 Å². The summed E-state index contributed by atoms with van der Waals surface area (Å²) in [5.41, 5.74) is 2.76. The number of anilines is 5. The van der Waals surface area contributed by atoms with E-state index in [1.165, 1.54) is 17.2 Å². The quantitative estimate of drug-likeness (QED) is 0.264. The zero-order chi connectivity index (χ0) is 26.8. The van der Waals surface area contributed by atoms with Crippen molar-refractivity contribution in [3.8, 4) is 0 Å². The van der Waals surface area contributed by atoms with E-state index in [1.807, 2.05) is 0 Å². The smallest absolute Gasteiger partial charge is 0.322 e. The van der Waals surface area contributed by atoms with E-state index < -0.39 is 5.95 Å². The van der Waals surface area contributed by atoms with Crippen LogP contribution in [-0.2, 0) is 24.9 Å². The molecule has 13 heteroatoms. The molecule has 0 saturated carbocycles. The molecule has 0 fully saturated rings. The second-order valence-corrected chi connectivity index (χ2v) is 8.74. The molecule has 0 saturated heterocycles. The summed E-state index contributed by atoms with van der Waals surface area (Å²) >= 11 is 6.17. The summed E-state index contributed by atoms with van der Waals surface area (Å²) in [6.45, 7) is 3.86. The number of hydrogen-bond acceptors (Lipinski definition) is 7. The normalized spacial score (nSPS) is 12.8. The minimum atomic E-state index is -0.605. The Bertz CT molecular complexity index is 1540. The number of amides is 3. The minimum absolute atomic E-state index is 0.181. The topological polar surface area (TPSA) is 121 Å². The first-order valence-corrected chi connectivity index (χ1v) is 11.7. The number of hydrogen-bond donors (Lipinski definition) is 2. The van der Waals surface area contributed by atoms with Gasteiger partial charge in [0.2, 0.25) is 17.8 Å². The Morgan fingerprint density at radius 2 is 2.08 bits per heavy atom. The van der Waals surface area contributed by atoms with E-state index in [0.717, 1.165) is 6.08 Å². The Kier molecular flexibility index (Phi) is 6.71. The van der Waals surface area contributed by atoms with Crippen molar-refractivity contribution in [2.45, 2.75) is 13.1 Å². The number of aryl methyl sites for hydroxylation is 1. The summed E-state index contributed by atoms with van der Waals surface area (Å²) in [5, 5.41) is 10.1. The highest BCUT2D eigenvalue weighted by Crippen LogP contribution is 2.36.